The standard InChI is InChI=1S/C20H28N6O2/c21-20(28)17-12-14(11-15-13-23-24-19(15)17)1-2-18(27)26-7-3-16(4-8-26)25-9-5-22-6-10-25/h11-13,16,22H,1-10H2,(H2,21,28)(H,23,24). The first-order valence-electron chi connectivity index (χ1n) is 10.1. The Labute approximate surface area is 164 Å². The number of rotatable bonds is 5. The van der Waals surface area contributed by atoms with E-state index >= 15 is 0 Å². The molecule has 2 aliphatic rings. The van der Waals surface area contributed by atoms with Crippen molar-refractivity contribution in [3.8, 4) is 0 Å². The van der Waals surface area contributed by atoms with Gasteiger partial charge in [0.05, 0.1) is 17.3 Å². The monoisotopic (exact) mass is 384 g/mol. The summed E-state index contributed by atoms with van der Waals surface area (Å²) in [6, 6.07) is 4.34. The van der Waals surface area contributed by atoms with Crippen LogP contribution in [0.2, 0.25) is 0 Å². The average Bonchev–Trinajstić information content (AvgIpc) is 3.20. The number of carbonyl (C=O) groups is 2. The SMILES string of the molecule is NC(=O)c1cc(CCC(=O)N2CCC(N3CCNCC3)CC2)cc2cn[nH]c12. The minimum atomic E-state index is -0.489. The zero-order valence-corrected chi connectivity index (χ0v) is 16.1. The molecule has 1 aromatic heterocycles. The van der Waals surface area contributed by atoms with Crippen LogP contribution in [0.5, 0.6) is 0 Å². The smallest absolute Gasteiger partial charge is 0.250 e. The summed E-state index contributed by atoms with van der Waals surface area (Å²) in [5, 5.41) is 11.0. The number of aryl methyl sites for hydroxylation is 1. The molecule has 0 bridgehead atoms. The molecular formula is C20H28N6O2. The Morgan fingerprint density at radius 2 is 1.89 bits per heavy atom. The van der Waals surface area contributed by atoms with E-state index in [9.17, 15) is 9.59 Å². The molecular weight excluding hydrogens is 356 g/mol. The molecule has 2 fully saturated rings. The highest BCUT2D eigenvalue weighted by molar-refractivity contribution is 6.04. The van der Waals surface area contributed by atoms with E-state index in [-0.39, 0.29) is 5.91 Å². The summed E-state index contributed by atoms with van der Waals surface area (Å²) < 4.78 is 0. The minimum absolute atomic E-state index is 0.187. The fraction of sp³-hybridized carbons (Fsp3) is 0.550. The van der Waals surface area contributed by atoms with Crippen LogP contribution < -0.4 is 11.1 Å². The van der Waals surface area contributed by atoms with Gasteiger partial charge in [-0.25, -0.2) is 0 Å². The van der Waals surface area contributed by atoms with Crippen molar-refractivity contribution in [1.82, 2.24) is 25.3 Å². The van der Waals surface area contributed by atoms with E-state index in [4.69, 9.17) is 5.73 Å². The molecule has 2 aromatic rings. The first kappa shape index (κ1) is 18.9. The summed E-state index contributed by atoms with van der Waals surface area (Å²) in [6.45, 7) is 6.01. The van der Waals surface area contributed by atoms with Crippen molar-refractivity contribution in [3.05, 3.63) is 29.5 Å². The molecule has 4 rings (SSSR count). The second kappa shape index (κ2) is 8.28. The number of fused-ring (bicyclic) bond motifs is 1. The lowest BCUT2D eigenvalue weighted by molar-refractivity contribution is -0.132. The highest BCUT2D eigenvalue weighted by Gasteiger charge is 2.27. The Kier molecular flexibility index (Phi) is 5.59. The van der Waals surface area contributed by atoms with E-state index < -0.39 is 5.91 Å². The number of carbonyl (C=O) groups excluding carboxylic acids is 2. The van der Waals surface area contributed by atoms with Gasteiger partial charge in [0, 0.05) is 57.1 Å². The van der Waals surface area contributed by atoms with Gasteiger partial charge in [-0.05, 0) is 37.0 Å². The average molecular weight is 384 g/mol. The maximum absolute atomic E-state index is 12.7. The third-order valence-corrected chi connectivity index (χ3v) is 5.99. The molecule has 2 aliphatic heterocycles. The van der Waals surface area contributed by atoms with Crippen molar-refractivity contribution < 1.29 is 9.59 Å². The molecule has 150 valence electrons. The van der Waals surface area contributed by atoms with Crippen LogP contribution in [0.4, 0.5) is 0 Å². The van der Waals surface area contributed by atoms with E-state index in [0.29, 0.717) is 30.0 Å². The number of hydrogen-bond donors (Lipinski definition) is 3. The summed E-state index contributed by atoms with van der Waals surface area (Å²) in [6.07, 6.45) is 4.82. The Balaban J connectivity index is 1.32. The van der Waals surface area contributed by atoms with Crippen molar-refractivity contribution >= 4 is 22.7 Å². The van der Waals surface area contributed by atoms with Gasteiger partial charge < -0.3 is 16.0 Å². The number of hydrogen-bond acceptors (Lipinski definition) is 5. The number of nitrogens with two attached hydrogens (primary N) is 1. The fourth-order valence-corrected chi connectivity index (χ4v) is 4.40. The van der Waals surface area contributed by atoms with Gasteiger partial charge in [0.1, 0.15) is 0 Å². The predicted octanol–water partition coefficient (Wildman–Crippen LogP) is 0.491. The van der Waals surface area contributed by atoms with Crippen LogP contribution in [0.15, 0.2) is 18.3 Å². The van der Waals surface area contributed by atoms with Gasteiger partial charge in [-0.15, -0.1) is 0 Å². The van der Waals surface area contributed by atoms with E-state index in [1.165, 1.54) is 0 Å². The number of piperidine rings is 1. The Hall–Kier alpha value is -2.45. The largest absolute Gasteiger partial charge is 0.366 e. The molecule has 2 amide bonds. The van der Waals surface area contributed by atoms with Crippen molar-refractivity contribution in [3.63, 3.8) is 0 Å². The van der Waals surface area contributed by atoms with Gasteiger partial charge in [-0.3, -0.25) is 19.6 Å². The maximum atomic E-state index is 12.7. The van der Waals surface area contributed by atoms with Crippen LogP contribution in [0, 0.1) is 0 Å². The van der Waals surface area contributed by atoms with E-state index in [1.54, 1.807) is 12.3 Å². The Bertz CT molecular complexity index is 849. The van der Waals surface area contributed by atoms with Crippen molar-refractivity contribution in [2.24, 2.45) is 5.73 Å². The molecule has 3 heterocycles. The third kappa shape index (κ3) is 4.02. The van der Waals surface area contributed by atoms with Crippen LogP contribution in [0.25, 0.3) is 10.9 Å². The molecule has 0 atom stereocenters. The quantitative estimate of drug-likeness (QED) is 0.695. The van der Waals surface area contributed by atoms with E-state index in [2.05, 4.69) is 20.4 Å². The Morgan fingerprint density at radius 1 is 1.14 bits per heavy atom. The van der Waals surface area contributed by atoms with E-state index in [0.717, 1.165) is 63.1 Å². The van der Waals surface area contributed by atoms with E-state index in [1.807, 2.05) is 11.0 Å². The molecule has 2 saturated heterocycles. The van der Waals surface area contributed by atoms with Crippen molar-refractivity contribution in [2.45, 2.75) is 31.7 Å². The van der Waals surface area contributed by atoms with Crippen LogP contribution >= 0.6 is 0 Å². The number of nitrogens with zero attached hydrogens (tertiary/aromatic N) is 3. The molecule has 8 heteroatoms. The number of piperazine rings is 1. The van der Waals surface area contributed by atoms with Crippen molar-refractivity contribution in [2.75, 3.05) is 39.3 Å². The van der Waals surface area contributed by atoms with Crippen LogP contribution in [0.1, 0.15) is 35.2 Å². The van der Waals surface area contributed by atoms with Gasteiger partial charge in [0.15, 0.2) is 0 Å². The number of amides is 2. The maximum Gasteiger partial charge on any atom is 0.250 e. The zero-order chi connectivity index (χ0) is 19.5. The summed E-state index contributed by atoms with van der Waals surface area (Å²) in [7, 11) is 0. The highest BCUT2D eigenvalue weighted by Crippen LogP contribution is 2.21. The molecule has 28 heavy (non-hydrogen) atoms. The predicted molar refractivity (Wildman–Crippen MR) is 107 cm³/mol. The minimum Gasteiger partial charge on any atom is -0.366 e. The molecule has 4 N–H and O–H groups in total. The van der Waals surface area contributed by atoms with Crippen molar-refractivity contribution in [1.29, 1.82) is 0 Å². The molecule has 8 nitrogen and oxygen atoms in total. The van der Waals surface area contributed by atoms with Crippen LogP contribution in [-0.2, 0) is 11.2 Å². The number of H-pyrrole nitrogens is 1. The van der Waals surface area contributed by atoms with Gasteiger partial charge in [-0.1, -0.05) is 0 Å². The highest BCUT2D eigenvalue weighted by atomic mass is 16.2. The lowest BCUT2D eigenvalue weighted by Gasteiger charge is -2.40. The summed E-state index contributed by atoms with van der Waals surface area (Å²) in [5.41, 5.74) is 7.50. The molecule has 0 unspecified atom stereocenters. The zero-order valence-electron chi connectivity index (χ0n) is 16.1. The number of benzene rings is 1. The molecule has 0 spiro atoms. The Morgan fingerprint density at radius 3 is 2.61 bits per heavy atom. The molecule has 0 radical (unpaired) electrons. The molecule has 1 aromatic carbocycles. The molecule has 0 saturated carbocycles. The second-order valence-electron chi connectivity index (χ2n) is 7.74. The third-order valence-electron chi connectivity index (χ3n) is 5.99. The topological polar surface area (TPSA) is 107 Å². The number of aromatic amines is 1. The second-order valence-corrected chi connectivity index (χ2v) is 7.74. The number of aromatic nitrogens is 2. The molecule has 0 aliphatic carbocycles. The lowest BCUT2D eigenvalue weighted by Crippen LogP contribution is -2.52. The van der Waals surface area contributed by atoms with Crippen LogP contribution in [0.3, 0.4) is 0 Å². The number of nitrogens with one attached hydrogen (secondary N) is 2. The van der Waals surface area contributed by atoms with Gasteiger partial charge in [0.2, 0.25) is 5.91 Å². The summed E-state index contributed by atoms with van der Waals surface area (Å²) in [4.78, 5) is 28.9. The lowest BCUT2D eigenvalue weighted by atomic mass is 10.00. The summed E-state index contributed by atoms with van der Waals surface area (Å²) >= 11 is 0. The van der Waals surface area contributed by atoms with Crippen LogP contribution in [-0.4, -0.2) is 77.1 Å². The summed E-state index contributed by atoms with van der Waals surface area (Å²) in [5.74, 6) is -0.302. The number of primary amides is 1. The van der Waals surface area contributed by atoms with Gasteiger partial charge in [-0.2, -0.15) is 5.10 Å². The first-order valence-corrected chi connectivity index (χ1v) is 10.1. The van der Waals surface area contributed by atoms with Gasteiger partial charge in [0.25, 0.3) is 5.91 Å². The first-order chi connectivity index (χ1) is 13.6. The number of likely N-dealkylation sites (tertiary alicyclic amines) is 1. The van der Waals surface area contributed by atoms with Gasteiger partial charge >= 0.3 is 0 Å². The fourth-order valence-electron chi connectivity index (χ4n) is 4.40. The normalized spacial score (nSPS) is 19.2.